The minimum atomic E-state index is -2.10. The predicted molar refractivity (Wildman–Crippen MR) is 157 cm³/mol. The van der Waals surface area contributed by atoms with Crippen LogP contribution < -0.4 is 19.1 Å². The molecular weight excluding hydrogens is 536 g/mol. The fourth-order valence-corrected chi connectivity index (χ4v) is 7.01. The number of carbonyl (C=O) groups is 1. The first-order valence-electron chi connectivity index (χ1n) is 14.1. The molecule has 42 heavy (non-hydrogen) atoms. The molecule has 3 aromatic rings. The Morgan fingerprint density at radius 1 is 1.02 bits per heavy atom. The lowest BCUT2D eigenvalue weighted by Gasteiger charge is -2.45. The molecule has 0 radical (unpaired) electrons. The molecule has 1 amide bonds. The van der Waals surface area contributed by atoms with Crippen LogP contribution in [0.5, 0.6) is 17.5 Å². The van der Waals surface area contributed by atoms with Crippen molar-refractivity contribution >= 4 is 11.6 Å². The van der Waals surface area contributed by atoms with Crippen LogP contribution in [0.4, 0.5) is 5.69 Å². The van der Waals surface area contributed by atoms with Gasteiger partial charge in [-0.05, 0) is 37.4 Å². The van der Waals surface area contributed by atoms with Gasteiger partial charge in [0.1, 0.15) is 11.9 Å². The number of hydrogen-bond donors (Lipinski definition) is 2. The number of benzene rings is 2. The molecule has 3 heterocycles. The Labute approximate surface area is 246 Å². The number of hydrogen-bond acceptors (Lipinski definition) is 9. The van der Waals surface area contributed by atoms with Gasteiger partial charge < -0.3 is 39.1 Å². The van der Waals surface area contributed by atoms with Crippen molar-refractivity contribution < 1.29 is 29.2 Å². The molecule has 1 aromatic heterocycles. The van der Waals surface area contributed by atoms with Gasteiger partial charge in [0.15, 0.2) is 11.2 Å². The number of aliphatic hydroxyl groups excluding tert-OH is 1. The van der Waals surface area contributed by atoms with Crippen LogP contribution in [0.25, 0.3) is 0 Å². The number of aliphatic hydroxyl groups is 2. The molecule has 0 spiro atoms. The van der Waals surface area contributed by atoms with Gasteiger partial charge in [-0.25, -0.2) is 0 Å². The van der Waals surface area contributed by atoms with Crippen molar-refractivity contribution in [3.8, 4) is 17.5 Å². The number of aromatic nitrogens is 1. The summed E-state index contributed by atoms with van der Waals surface area (Å²) in [4.78, 5) is 24.2. The molecule has 10 nitrogen and oxygen atoms in total. The third-order valence-electron chi connectivity index (χ3n) is 9.25. The third-order valence-corrected chi connectivity index (χ3v) is 9.25. The van der Waals surface area contributed by atoms with Crippen molar-refractivity contribution in [1.82, 2.24) is 14.8 Å². The molecule has 0 unspecified atom stereocenters. The molecular formula is C32H38N4O6. The Balaban J connectivity index is 1.58. The van der Waals surface area contributed by atoms with E-state index in [2.05, 4.69) is 28.9 Å². The molecule has 5 atom stereocenters. The number of likely N-dealkylation sites (N-methyl/N-ethyl adjacent to an activating group) is 1. The van der Waals surface area contributed by atoms with Crippen molar-refractivity contribution in [3.63, 3.8) is 0 Å². The smallest absolute Gasteiger partial charge is 0.228 e. The quantitative estimate of drug-likeness (QED) is 0.439. The summed E-state index contributed by atoms with van der Waals surface area (Å²) < 4.78 is 17.9. The molecule has 2 N–H and O–H groups in total. The summed E-state index contributed by atoms with van der Waals surface area (Å²) in [5, 5.41) is 25.1. The van der Waals surface area contributed by atoms with Gasteiger partial charge in [-0.2, -0.15) is 4.98 Å². The number of ether oxygens (including phenoxy) is 3. The lowest BCUT2D eigenvalue weighted by molar-refractivity contribution is -0.156. The van der Waals surface area contributed by atoms with Crippen LogP contribution in [0.3, 0.4) is 0 Å². The zero-order valence-electron chi connectivity index (χ0n) is 24.8. The molecule has 1 saturated heterocycles. The minimum Gasteiger partial charge on any atom is -0.481 e. The Morgan fingerprint density at radius 2 is 1.69 bits per heavy atom. The average Bonchev–Trinajstić information content (AvgIpc) is 3.34. The van der Waals surface area contributed by atoms with Crippen molar-refractivity contribution in [2.24, 2.45) is 5.92 Å². The Bertz CT molecular complexity index is 1480. The van der Waals surface area contributed by atoms with Crippen LogP contribution in [-0.2, 0) is 16.0 Å². The monoisotopic (exact) mass is 574 g/mol. The molecule has 6 rings (SSSR count). The van der Waals surface area contributed by atoms with Gasteiger partial charge in [-0.1, -0.05) is 42.5 Å². The zero-order valence-corrected chi connectivity index (χ0v) is 24.8. The van der Waals surface area contributed by atoms with Crippen LogP contribution >= 0.6 is 0 Å². The van der Waals surface area contributed by atoms with E-state index in [1.165, 1.54) is 19.1 Å². The maximum atomic E-state index is 13.9. The first-order chi connectivity index (χ1) is 20.1. The number of rotatable bonds is 7. The average molecular weight is 575 g/mol. The number of fused-ring (bicyclic) bond motifs is 3. The van der Waals surface area contributed by atoms with E-state index in [-0.39, 0.29) is 29.0 Å². The molecule has 3 aliphatic rings. The number of carbonyl (C=O) groups excluding carboxylic acids is 1. The molecule has 1 aliphatic carbocycles. The van der Waals surface area contributed by atoms with Crippen molar-refractivity contribution in [3.05, 3.63) is 77.4 Å². The highest BCUT2D eigenvalue weighted by Crippen LogP contribution is 2.70. The van der Waals surface area contributed by atoms with Gasteiger partial charge in [-0.3, -0.25) is 4.79 Å². The van der Waals surface area contributed by atoms with Gasteiger partial charge in [0.2, 0.25) is 17.7 Å². The summed E-state index contributed by atoms with van der Waals surface area (Å²) in [6, 6.07) is 19.4. The highest BCUT2D eigenvalue weighted by Gasteiger charge is 2.78. The standard InChI is InChI=1S/C32H38N4O6/c1-34(2)22-17-36(18-22)21-14-12-20(13-15-21)32-26(19-10-8-7-9-11-19)25(30(38)35(3)4)28(37)31(32,39)27-23(42-32)16-24(40-5)33-29(27)41-6/h7-16,22,25-26,28,37,39H,17-18H2,1-6H3/t25-,26-,28-,31+,32+/m1/s1. The first-order valence-corrected chi connectivity index (χ1v) is 14.1. The topological polar surface area (TPSA) is 108 Å². The summed E-state index contributed by atoms with van der Waals surface area (Å²) >= 11 is 0. The van der Waals surface area contributed by atoms with Crippen LogP contribution in [0.2, 0.25) is 0 Å². The van der Waals surface area contributed by atoms with Gasteiger partial charge in [0.25, 0.3) is 0 Å². The van der Waals surface area contributed by atoms with E-state index in [0.29, 0.717) is 11.6 Å². The number of methoxy groups -OCH3 is 2. The molecule has 222 valence electrons. The lowest BCUT2D eigenvalue weighted by Crippen LogP contribution is -2.57. The SMILES string of the molecule is COc1cc2c(c(OC)n1)[C@]1(O)[C@H](O)[C@H](C(=O)N(C)C)[C@@H](c3ccccc3)[C@]1(c1ccc(N3CC(N(C)C)C3)cc1)O2. The summed E-state index contributed by atoms with van der Waals surface area (Å²) in [6.07, 6.45) is -1.56. The van der Waals surface area contributed by atoms with Gasteiger partial charge in [0.05, 0.1) is 25.7 Å². The van der Waals surface area contributed by atoms with Crippen molar-refractivity contribution in [1.29, 1.82) is 0 Å². The van der Waals surface area contributed by atoms with Crippen LogP contribution in [0.15, 0.2) is 60.7 Å². The number of pyridine rings is 1. The Hall–Kier alpha value is -3.86. The van der Waals surface area contributed by atoms with Crippen molar-refractivity contribution in [2.45, 2.75) is 29.3 Å². The van der Waals surface area contributed by atoms with E-state index in [0.717, 1.165) is 24.3 Å². The number of amides is 1. The Morgan fingerprint density at radius 3 is 2.26 bits per heavy atom. The predicted octanol–water partition coefficient (Wildman–Crippen LogP) is 2.19. The largest absolute Gasteiger partial charge is 0.481 e. The lowest BCUT2D eigenvalue weighted by atomic mass is 9.70. The van der Waals surface area contributed by atoms with Crippen molar-refractivity contribution in [2.75, 3.05) is 60.4 Å². The first kappa shape index (κ1) is 28.3. The van der Waals surface area contributed by atoms with Crippen LogP contribution in [0.1, 0.15) is 22.6 Å². The molecule has 10 heteroatoms. The molecule has 0 bridgehead atoms. The van der Waals surface area contributed by atoms with E-state index in [9.17, 15) is 15.0 Å². The molecule has 2 aromatic carbocycles. The highest BCUT2D eigenvalue weighted by atomic mass is 16.5. The zero-order chi connectivity index (χ0) is 30.0. The second-order valence-corrected chi connectivity index (χ2v) is 11.8. The Kier molecular flexibility index (Phi) is 6.83. The maximum absolute atomic E-state index is 13.9. The summed E-state index contributed by atoms with van der Waals surface area (Å²) in [6.45, 7) is 1.83. The second-order valence-electron chi connectivity index (χ2n) is 11.8. The van der Waals surface area contributed by atoms with Crippen LogP contribution in [-0.4, -0.2) is 98.5 Å². The summed E-state index contributed by atoms with van der Waals surface area (Å²) in [7, 11) is 10.4. The highest BCUT2D eigenvalue weighted by molar-refractivity contribution is 5.83. The summed E-state index contributed by atoms with van der Waals surface area (Å²) in [5.41, 5.74) is -1.10. The number of anilines is 1. The summed E-state index contributed by atoms with van der Waals surface area (Å²) in [5.74, 6) is -1.56. The second kappa shape index (κ2) is 10.1. The maximum Gasteiger partial charge on any atom is 0.228 e. The fourth-order valence-electron chi connectivity index (χ4n) is 7.01. The van der Waals surface area contributed by atoms with Gasteiger partial charge in [0, 0.05) is 50.9 Å². The molecule has 1 saturated carbocycles. The third kappa shape index (κ3) is 3.82. The minimum absolute atomic E-state index is 0.0597. The van der Waals surface area contributed by atoms with Crippen LogP contribution in [0, 0.1) is 5.92 Å². The van der Waals surface area contributed by atoms with Gasteiger partial charge in [-0.15, -0.1) is 0 Å². The van der Waals surface area contributed by atoms with E-state index in [1.54, 1.807) is 20.2 Å². The fraction of sp³-hybridized carbons (Fsp3) is 0.438. The molecule has 2 fully saturated rings. The number of nitrogens with zero attached hydrogens (tertiary/aromatic N) is 4. The van der Waals surface area contributed by atoms with E-state index < -0.39 is 29.1 Å². The van der Waals surface area contributed by atoms with E-state index >= 15 is 0 Å². The molecule has 2 aliphatic heterocycles. The van der Waals surface area contributed by atoms with E-state index in [4.69, 9.17) is 14.2 Å². The van der Waals surface area contributed by atoms with E-state index in [1.807, 2.05) is 54.6 Å². The normalized spacial score (nSPS) is 28.1. The van der Waals surface area contributed by atoms with Gasteiger partial charge >= 0.3 is 0 Å².